The first-order chi connectivity index (χ1) is 7.72. The third-order valence-corrected chi connectivity index (χ3v) is 5.48. The molecule has 0 spiro atoms. The van der Waals surface area contributed by atoms with E-state index in [1.807, 2.05) is 23.5 Å². The first kappa shape index (κ1) is 10.5. The van der Waals surface area contributed by atoms with Gasteiger partial charge in [-0.25, -0.2) is 0 Å². The molecular formula is C14H13S2. The second-order valence-corrected chi connectivity index (χ2v) is 6.54. The molecule has 0 fully saturated rings. The Bertz CT molecular complexity index is 497. The summed E-state index contributed by atoms with van der Waals surface area (Å²) in [5.41, 5.74) is 2.71. The monoisotopic (exact) mass is 245 g/mol. The molecule has 0 bridgehead atoms. The Hall–Kier alpha value is -0.600. The summed E-state index contributed by atoms with van der Waals surface area (Å²) >= 11 is 3.89. The van der Waals surface area contributed by atoms with Gasteiger partial charge in [0.15, 0.2) is 0 Å². The molecule has 16 heavy (non-hydrogen) atoms. The van der Waals surface area contributed by atoms with Crippen molar-refractivity contribution in [2.75, 3.05) is 0 Å². The molecule has 0 saturated carbocycles. The van der Waals surface area contributed by atoms with Gasteiger partial charge in [-0.2, -0.15) is 0 Å². The Balaban J connectivity index is 2.00. The maximum absolute atomic E-state index is 2.31. The van der Waals surface area contributed by atoms with Crippen molar-refractivity contribution < 1.29 is 0 Å². The van der Waals surface area contributed by atoms with Gasteiger partial charge in [0.05, 0.1) is 0 Å². The van der Waals surface area contributed by atoms with Gasteiger partial charge in [-0.1, -0.05) is 29.5 Å². The minimum absolute atomic E-state index is 0.531. The number of rotatable bonds is 0. The molecule has 0 aromatic heterocycles. The average Bonchev–Trinajstić information content (AvgIpc) is 2.26. The van der Waals surface area contributed by atoms with Gasteiger partial charge in [-0.05, 0) is 37.6 Å². The first-order valence-electron chi connectivity index (χ1n) is 5.41. The molecule has 1 heterocycles. The van der Waals surface area contributed by atoms with E-state index in [0.29, 0.717) is 5.25 Å². The molecule has 1 aromatic carbocycles. The van der Waals surface area contributed by atoms with Gasteiger partial charge in [0.25, 0.3) is 0 Å². The van der Waals surface area contributed by atoms with E-state index in [2.05, 4.69) is 50.6 Å². The zero-order valence-corrected chi connectivity index (χ0v) is 11.0. The van der Waals surface area contributed by atoms with Crippen molar-refractivity contribution in [3.05, 3.63) is 52.8 Å². The van der Waals surface area contributed by atoms with E-state index in [-0.39, 0.29) is 0 Å². The molecule has 1 unspecified atom stereocenters. The van der Waals surface area contributed by atoms with Gasteiger partial charge in [0, 0.05) is 26.4 Å². The number of hydrogen-bond acceptors (Lipinski definition) is 2. The summed E-state index contributed by atoms with van der Waals surface area (Å²) in [6.07, 6.45) is 6.85. The molecule has 1 aliphatic carbocycles. The molecule has 1 radical (unpaired) electrons. The highest BCUT2D eigenvalue weighted by Gasteiger charge is 2.25. The largest absolute Gasteiger partial charge is 0.116 e. The molecule has 1 aliphatic heterocycles. The SMILES string of the molecule is CC1=C[CH]C2Sc3cc(C)ccc3SC2=C1. The number of benzene rings is 1. The fourth-order valence-electron chi connectivity index (χ4n) is 1.93. The quantitative estimate of drug-likeness (QED) is 0.654. The molecular weight excluding hydrogens is 232 g/mol. The van der Waals surface area contributed by atoms with E-state index >= 15 is 0 Å². The molecule has 3 rings (SSSR count). The van der Waals surface area contributed by atoms with Crippen LogP contribution in [0.25, 0.3) is 0 Å². The van der Waals surface area contributed by atoms with E-state index in [1.165, 1.54) is 25.8 Å². The summed E-state index contributed by atoms with van der Waals surface area (Å²) in [6.45, 7) is 4.32. The number of thioether (sulfide) groups is 2. The average molecular weight is 245 g/mol. The molecule has 0 amide bonds. The zero-order valence-electron chi connectivity index (χ0n) is 9.36. The molecule has 0 N–H and O–H groups in total. The molecule has 81 valence electrons. The summed E-state index contributed by atoms with van der Waals surface area (Å²) in [5.74, 6) is 0. The zero-order chi connectivity index (χ0) is 11.1. The lowest BCUT2D eigenvalue weighted by atomic mass is 10.1. The Kier molecular flexibility index (Phi) is 2.64. The number of aryl methyl sites for hydroxylation is 1. The van der Waals surface area contributed by atoms with E-state index in [1.54, 1.807) is 0 Å². The lowest BCUT2D eigenvalue weighted by Crippen LogP contribution is -2.11. The standard InChI is InChI=1S/C14H13S2/c1-9-3-5-11-13(7-9)15-12-6-4-10(2)8-14(12)16-11/h3-8,11H,1-2H3. The predicted octanol–water partition coefficient (Wildman–Crippen LogP) is 4.61. The predicted molar refractivity (Wildman–Crippen MR) is 72.8 cm³/mol. The van der Waals surface area contributed by atoms with Gasteiger partial charge in [0.2, 0.25) is 0 Å². The summed E-state index contributed by atoms with van der Waals surface area (Å²) < 4.78 is 0. The van der Waals surface area contributed by atoms with Crippen LogP contribution in [0.2, 0.25) is 0 Å². The Morgan fingerprint density at radius 2 is 2.00 bits per heavy atom. The van der Waals surface area contributed by atoms with Crippen LogP contribution >= 0.6 is 23.5 Å². The van der Waals surface area contributed by atoms with Crippen molar-refractivity contribution in [1.29, 1.82) is 0 Å². The lowest BCUT2D eigenvalue weighted by Gasteiger charge is -2.28. The molecule has 2 aliphatic rings. The van der Waals surface area contributed by atoms with E-state index in [0.717, 1.165) is 0 Å². The van der Waals surface area contributed by atoms with Gasteiger partial charge < -0.3 is 0 Å². The van der Waals surface area contributed by atoms with Crippen molar-refractivity contribution in [2.45, 2.75) is 28.9 Å². The van der Waals surface area contributed by atoms with Gasteiger partial charge in [-0.3, -0.25) is 0 Å². The Morgan fingerprint density at radius 3 is 2.88 bits per heavy atom. The topological polar surface area (TPSA) is 0 Å². The number of hydrogen-bond donors (Lipinski definition) is 0. The second-order valence-electron chi connectivity index (χ2n) is 4.24. The molecule has 0 saturated heterocycles. The van der Waals surface area contributed by atoms with Crippen LogP contribution in [0.5, 0.6) is 0 Å². The normalized spacial score (nSPS) is 23.0. The first-order valence-corrected chi connectivity index (χ1v) is 7.10. The Labute approximate surface area is 105 Å². The maximum atomic E-state index is 2.31. The van der Waals surface area contributed by atoms with E-state index in [9.17, 15) is 0 Å². The van der Waals surface area contributed by atoms with Gasteiger partial charge in [-0.15, -0.1) is 11.8 Å². The summed E-state index contributed by atoms with van der Waals surface area (Å²) in [7, 11) is 0. The van der Waals surface area contributed by atoms with Gasteiger partial charge >= 0.3 is 0 Å². The highest BCUT2D eigenvalue weighted by molar-refractivity contribution is 8.09. The number of fused-ring (bicyclic) bond motifs is 2. The van der Waals surface area contributed by atoms with Crippen LogP contribution in [-0.4, -0.2) is 5.25 Å². The van der Waals surface area contributed by atoms with Crippen molar-refractivity contribution in [1.82, 2.24) is 0 Å². The highest BCUT2D eigenvalue weighted by atomic mass is 32.2. The lowest BCUT2D eigenvalue weighted by molar-refractivity contribution is 1.14. The molecule has 1 aromatic rings. The maximum Gasteiger partial charge on any atom is 0.0477 e. The van der Waals surface area contributed by atoms with Crippen LogP contribution in [0.1, 0.15) is 12.5 Å². The summed E-state index contributed by atoms with van der Waals surface area (Å²) in [5, 5.41) is 0.531. The third-order valence-electron chi connectivity index (χ3n) is 2.77. The van der Waals surface area contributed by atoms with Crippen LogP contribution in [-0.2, 0) is 0 Å². The van der Waals surface area contributed by atoms with Crippen LogP contribution < -0.4 is 0 Å². The summed E-state index contributed by atoms with van der Waals surface area (Å²) in [4.78, 5) is 4.30. The minimum atomic E-state index is 0.531. The van der Waals surface area contributed by atoms with Crippen LogP contribution in [0.4, 0.5) is 0 Å². The van der Waals surface area contributed by atoms with Crippen molar-refractivity contribution in [2.24, 2.45) is 0 Å². The van der Waals surface area contributed by atoms with Crippen molar-refractivity contribution in [3.8, 4) is 0 Å². The minimum Gasteiger partial charge on any atom is -0.116 e. The fraction of sp³-hybridized carbons (Fsp3) is 0.214. The van der Waals surface area contributed by atoms with Crippen LogP contribution in [0, 0.1) is 13.3 Å². The van der Waals surface area contributed by atoms with E-state index < -0.39 is 0 Å². The third kappa shape index (κ3) is 1.85. The van der Waals surface area contributed by atoms with E-state index in [4.69, 9.17) is 0 Å². The molecule has 1 atom stereocenters. The molecule has 2 heteroatoms. The van der Waals surface area contributed by atoms with Crippen LogP contribution in [0.15, 0.2) is 50.6 Å². The Morgan fingerprint density at radius 1 is 1.12 bits per heavy atom. The van der Waals surface area contributed by atoms with Gasteiger partial charge in [0.1, 0.15) is 0 Å². The van der Waals surface area contributed by atoms with Crippen LogP contribution in [0.3, 0.4) is 0 Å². The number of allylic oxidation sites excluding steroid dienone is 3. The molecule has 0 nitrogen and oxygen atoms in total. The van der Waals surface area contributed by atoms with Crippen molar-refractivity contribution in [3.63, 3.8) is 0 Å². The smallest absolute Gasteiger partial charge is 0.0477 e. The van der Waals surface area contributed by atoms with Crippen molar-refractivity contribution >= 4 is 23.5 Å². The summed E-state index contributed by atoms with van der Waals surface area (Å²) in [6, 6.07) is 6.73. The second kappa shape index (κ2) is 4.01. The highest BCUT2D eigenvalue weighted by Crippen LogP contribution is 2.50. The fourth-order valence-corrected chi connectivity index (χ4v) is 4.53.